The average Bonchev–Trinajstić information content (AvgIpc) is 2.97. The second-order valence-corrected chi connectivity index (χ2v) is 9.61. The third kappa shape index (κ3) is 36.0. The topological polar surface area (TPSA) is 0 Å². The summed E-state index contributed by atoms with van der Waals surface area (Å²) in [5, 5.41) is 0. The van der Waals surface area contributed by atoms with Crippen LogP contribution in [0.15, 0.2) is 6.58 Å². The molecule has 0 N–H and O–H groups in total. The van der Waals surface area contributed by atoms with Crippen molar-refractivity contribution in [1.29, 1.82) is 0 Å². The zero-order chi connectivity index (χ0) is 13.6. The van der Waals surface area contributed by atoms with Gasteiger partial charge in [0.25, 0.3) is 0 Å². The first-order valence-corrected chi connectivity index (χ1v) is 9.30. The summed E-state index contributed by atoms with van der Waals surface area (Å²) >= 11 is 0. The van der Waals surface area contributed by atoms with Crippen molar-refractivity contribution in [3.8, 4) is 0 Å². The zero-order valence-corrected chi connectivity index (χ0v) is 14.3. The number of hydrogen-bond acceptors (Lipinski definition) is 0. The molecule has 10 radical (unpaired) electrons. The largest absolute Gasteiger partial charge is 4.00 e. The maximum absolute atomic E-state index is 4.25. The summed E-state index contributed by atoms with van der Waals surface area (Å²) < 4.78 is 0. The van der Waals surface area contributed by atoms with Gasteiger partial charge in [-0.05, 0) is 64.2 Å². The Morgan fingerprint density at radius 2 is 0.722 bits per heavy atom. The zero-order valence-electron chi connectivity index (χ0n) is 11.8. The predicted octanol–water partition coefficient (Wildman–Crippen LogP) is 4.34. The average molecular weight is 292 g/mol. The van der Waals surface area contributed by atoms with Crippen LogP contribution in [0.1, 0.15) is 0 Å². The molecule has 2 heteroatoms. The van der Waals surface area contributed by atoms with Crippen molar-refractivity contribution in [1.82, 2.24) is 0 Å². The molecule has 0 unspecified atom stereocenters. The number of rotatable bonds is 0. The van der Waals surface area contributed by atoms with Gasteiger partial charge < -0.3 is 13.1 Å². The molecular weight excluding hydrogens is 268 g/mol. The third-order valence-electron chi connectivity index (χ3n) is 1.11. The Morgan fingerprint density at radius 3 is 0.778 bits per heavy atom. The van der Waals surface area contributed by atoms with Gasteiger partial charge in [0.1, 0.15) is 0 Å². The molecule has 0 nitrogen and oxygen atoms in total. The maximum atomic E-state index is 4.25. The minimum atomic E-state index is -0.861. The molecule has 18 heavy (non-hydrogen) atoms. The molecule has 2 aliphatic rings. The van der Waals surface area contributed by atoms with Crippen LogP contribution in [-0.4, -0.2) is 8.07 Å². The Balaban J connectivity index is -0.000000171. The van der Waals surface area contributed by atoms with Crippen LogP contribution in [-0.2, 0) is 21.7 Å². The second-order valence-electron chi connectivity index (χ2n) is 4.49. The van der Waals surface area contributed by atoms with Gasteiger partial charge in [-0.3, -0.25) is 6.58 Å². The van der Waals surface area contributed by atoms with E-state index >= 15 is 0 Å². The van der Waals surface area contributed by atoms with Gasteiger partial charge in [-0.2, -0.15) is 0 Å². The Hall–Kier alpha value is 0.671. The smallest absolute Gasteiger partial charge is 0.521 e. The Kier molecular flexibility index (Phi) is 23.3. The quantitative estimate of drug-likeness (QED) is 0.460. The summed E-state index contributed by atoms with van der Waals surface area (Å²) in [6.45, 7) is 17.6. The van der Waals surface area contributed by atoms with E-state index in [4.69, 9.17) is 0 Å². The molecule has 0 aromatic carbocycles. The minimum absolute atomic E-state index is 0. The van der Waals surface area contributed by atoms with Crippen LogP contribution in [0.25, 0.3) is 0 Å². The molecule has 0 atom stereocenters. The fourth-order valence-electron chi connectivity index (χ4n) is 0.642. The van der Waals surface area contributed by atoms with E-state index in [1.54, 1.807) is 0 Å². The van der Waals surface area contributed by atoms with Gasteiger partial charge in [0.2, 0.25) is 0 Å². The van der Waals surface area contributed by atoms with Crippen LogP contribution in [0.5, 0.6) is 0 Å². The Morgan fingerprint density at radius 1 is 0.667 bits per heavy atom. The maximum Gasteiger partial charge on any atom is 4.00 e. The molecular formula is C16H24SiTi+2. The minimum Gasteiger partial charge on any atom is -0.521 e. The summed E-state index contributed by atoms with van der Waals surface area (Å²) in [6, 6.07) is 0. The van der Waals surface area contributed by atoms with Crippen molar-refractivity contribution >= 4 is 8.07 Å². The van der Waals surface area contributed by atoms with Crippen LogP contribution in [0.3, 0.4) is 0 Å². The SMILES string of the molecule is [CH-]=C.[CH2-][Si](C)(C)C.[CH]1[CH][CH][CH][CH]1.[CH]1[CH][CH][CH][CH]1.[Ti+4]. The van der Waals surface area contributed by atoms with E-state index in [2.05, 4.69) is 39.3 Å². The van der Waals surface area contributed by atoms with Crippen LogP contribution in [0.2, 0.25) is 19.6 Å². The van der Waals surface area contributed by atoms with Crippen molar-refractivity contribution in [3.63, 3.8) is 0 Å². The van der Waals surface area contributed by atoms with Crippen molar-refractivity contribution in [2.24, 2.45) is 0 Å². The van der Waals surface area contributed by atoms with Gasteiger partial charge in [0, 0.05) is 0 Å². The molecule has 0 spiro atoms. The first-order chi connectivity index (χ1) is 8.00. The first kappa shape index (κ1) is 23.7. The van der Waals surface area contributed by atoms with Gasteiger partial charge in [-0.25, -0.2) is 0 Å². The summed E-state index contributed by atoms with van der Waals surface area (Å²) in [5.74, 6) is 0. The second kappa shape index (κ2) is 17.7. The summed E-state index contributed by atoms with van der Waals surface area (Å²) in [4.78, 5) is 0. The molecule has 0 aromatic rings. The van der Waals surface area contributed by atoms with Gasteiger partial charge in [-0.15, -0.1) is 8.07 Å². The fraction of sp³-hybridized carbons (Fsp3) is 0.188. The van der Waals surface area contributed by atoms with E-state index in [1.807, 2.05) is 64.2 Å². The van der Waals surface area contributed by atoms with Crippen LogP contribution < -0.4 is 0 Å². The Bertz CT molecular complexity index is 101. The van der Waals surface area contributed by atoms with Crippen LogP contribution >= 0.6 is 0 Å². The van der Waals surface area contributed by atoms with Crippen LogP contribution in [0, 0.1) is 77.3 Å². The van der Waals surface area contributed by atoms with Crippen LogP contribution in [0.4, 0.5) is 0 Å². The Labute approximate surface area is 133 Å². The molecule has 2 saturated carbocycles. The molecule has 0 amide bonds. The predicted molar refractivity (Wildman–Crippen MR) is 81.6 cm³/mol. The first-order valence-electron chi connectivity index (χ1n) is 5.60. The standard InChI is InChI=1S/2C5H5.C4H11Si.C2H3.Ti/c2*1-2-4-5-3-1;1-5(2,3)4;1-2;/h2*1-5H;1H2,2-4H3;1H,2H2;/q;;2*-1;+4. The molecule has 2 fully saturated rings. The van der Waals surface area contributed by atoms with Crippen molar-refractivity contribution in [2.45, 2.75) is 19.6 Å². The summed E-state index contributed by atoms with van der Waals surface area (Å²) in [7, 11) is -0.861. The van der Waals surface area contributed by atoms with Gasteiger partial charge in [-0.1, -0.05) is 19.6 Å². The van der Waals surface area contributed by atoms with Crippen molar-refractivity contribution < 1.29 is 21.7 Å². The summed E-state index contributed by atoms with van der Waals surface area (Å²) in [6.07, 6.45) is 20.0. The van der Waals surface area contributed by atoms with Gasteiger partial charge >= 0.3 is 21.7 Å². The van der Waals surface area contributed by atoms with E-state index in [9.17, 15) is 0 Å². The van der Waals surface area contributed by atoms with Crippen molar-refractivity contribution in [3.05, 3.63) is 83.9 Å². The van der Waals surface area contributed by atoms with E-state index in [-0.39, 0.29) is 21.7 Å². The van der Waals surface area contributed by atoms with E-state index < -0.39 is 8.07 Å². The van der Waals surface area contributed by atoms with Gasteiger partial charge in [0.05, 0.1) is 0 Å². The molecule has 0 aliphatic heterocycles. The van der Waals surface area contributed by atoms with E-state index in [0.29, 0.717) is 0 Å². The van der Waals surface area contributed by atoms with Crippen molar-refractivity contribution in [2.75, 3.05) is 0 Å². The molecule has 0 heterocycles. The molecule has 0 aromatic heterocycles. The normalized spacial score (nSPS) is 16.9. The van der Waals surface area contributed by atoms with Gasteiger partial charge in [0.15, 0.2) is 0 Å². The summed E-state index contributed by atoms with van der Waals surface area (Å²) in [5.41, 5.74) is 0. The molecule has 0 saturated heterocycles. The number of hydrogen-bond donors (Lipinski definition) is 0. The molecule has 94 valence electrons. The molecule has 2 aliphatic carbocycles. The van der Waals surface area contributed by atoms with E-state index in [0.717, 1.165) is 0 Å². The molecule has 2 rings (SSSR count). The fourth-order valence-corrected chi connectivity index (χ4v) is 0.642. The third-order valence-corrected chi connectivity index (χ3v) is 1.11. The monoisotopic (exact) mass is 292 g/mol. The van der Waals surface area contributed by atoms with E-state index in [1.165, 1.54) is 0 Å². The molecule has 0 bridgehead atoms.